The van der Waals surface area contributed by atoms with Crippen molar-refractivity contribution in [3.05, 3.63) is 41.6 Å². The van der Waals surface area contributed by atoms with Crippen LogP contribution in [-0.4, -0.2) is 42.4 Å². The second-order valence-electron chi connectivity index (χ2n) is 7.82. The van der Waals surface area contributed by atoms with Gasteiger partial charge in [0.1, 0.15) is 5.70 Å². The van der Waals surface area contributed by atoms with Gasteiger partial charge in [-0.15, -0.1) is 0 Å². The third kappa shape index (κ3) is 2.76. The van der Waals surface area contributed by atoms with Crippen molar-refractivity contribution in [2.45, 2.75) is 38.6 Å². The molecule has 0 saturated carbocycles. The Morgan fingerprint density at radius 1 is 1.45 bits per heavy atom. The van der Waals surface area contributed by atoms with Crippen LogP contribution in [0.15, 0.2) is 35.3 Å². The summed E-state index contributed by atoms with van der Waals surface area (Å²) in [6, 6.07) is 7.99. The number of fused-ring (bicyclic) bond motifs is 5. The molecule has 150 valence electrons. The van der Waals surface area contributed by atoms with E-state index < -0.39 is 0 Å². The predicted molar refractivity (Wildman–Crippen MR) is 113 cm³/mol. The molecule has 0 radical (unpaired) electrons. The highest BCUT2D eigenvalue weighted by atomic mass is 16.5. The number of para-hydroxylation sites is 1. The topological polar surface area (TPSA) is 70.6 Å². The van der Waals surface area contributed by atoms with E-state index in [1.54, 1.807) is 0 Å². The Morgan fingerprint density at radius 2 is 2.24 bits per heavy atom. The van der Waals surface area contributed by atoms with Crippen LogP contribution < -0.4 is 0 Å². The van der Waals surface area contributed by atoms with Gasteiger partial charge in [-0.25, -0.2) is 4.79 Å². The number of rotatable bonds is 5. The molecule has 0 aliphatic carbocycles. The fraction of sp³-hybridized carbons (Fsp3) is 0.435. The summed E-state index contributed by atoms with van der Waals surface area (Å²) in [5.41, 5.74) is 3.41. The molecule has 6 nitrogen and oxygen atoms in total. The molecular weight excluding hydrogens is 364 g/mol. The number of aromatic nitrogens is 1. The molecule has 0 spiro atoms. The maximum Gasteiger partial charge on any atom is 0.354 e. The van der Waals surface area contributed by atoms with Crippen LogP contribution >= 0.6 is 0 Å². The molecule has 0 unspecified atom stereocenters. The van der Waals surface area contributed by atoms with Crippen molar-refractivity contribution in [3.63, 3.8) is 0 Å². The van der Waals surface area contributed by atoms with Crippen molar-refractivity contribution >= 4 is 29.3 Å². The minimum absolute atomic E-state index is 0.105. The molecule has 1 saturated heterocycles. The van der Waals surface area contributed by atoms with Crippen molar-refractivity contribution in [3.8, 4) is 6.19 Å². The van der Waals surface area contributed by atoms with Gasteiger partial charge in [0.2, 0.25) is 0 Å². The van der Waals surface area contributed by atoms with E-state index in [0.717, 1.165) is 54.4 Å². The van der Waals surface area contributed by atoms with Crippen molar-refractivity contribution in [2.75, 3.05) is 20.2 Å². The zero-order valence-corrected chi connectivity index (χ0v) is 17.0. The maximum atomic E-state index is 12.9. The van der Waals surface area contributed by atoms with E-state index in [9.17, 15) is 10.1 Å². The molecule has 3 heterocycles. The van der Waals surface area contributed by atoms with Crippen LogP contribution in [0.1, 0.15) is 43.5 Å². The number of nitriles is 1. The van der Waals surface area contributed by atoms with Gasteiger partial charge in [0.25, 0.3) is 0 Å². The smallest absolute Gasteiger partial charge is 0.354 e. The van der Waals surface area contributed by atoms with Crippen molar-refractivity contribution in [1.29, 1.82) is 5.26 Å². The van der Waals surface area contributed by atoms with E-state index in [4.69, 9.17) is 4.74 Å². The Hall–Kier alpha value is -3.07. The summed E-state index contributed by atoms with van der Waals surface area (Å²) in [4.78, 5) is 18.8. The first-order valence-corrected chi connectivity index (χ1v) is 10.1. The number of methoxy groups -OCH3 is 1. The lowest BCUT2D eigenvalue weighted by atomic mass is 9.67. The number of hydrogen-bond acceptors (Lipinski definition) is 5. The molecule has 0 amide bonds. The van der Waals surface area contributed by atoms with Gasteiger partial charge in [-0.1, -0.05) is 25.1 Å². The van der Waals surface area contributed by atoms with Crippen LogP contribution in [-0.2, 0) is 16.0 Å². The number of nitrogens with zero attached hydrogens (tertiary/aromatic N) is 4. The van der Waals surface area contributed by atoms with Gasteiger partial charge >= 0.3 is 5.97 Å². The number of piperidine rings is 1. The minimum atomic E-state index is -0.347. The van der Waals surface area contributed by atoms with E-state index in [2.05, 4.69) is 37.0 Å². The monoisotopic (exact) mass is 390 g/mol. The number of hydrogen-bond donors (Lipinski definition) is 0. The average Bonchev–Trinajstić information content (AvgIpc) is 3.10. The normalized spacial score (nSPS) is 23.0. The predicted octanol–water partition coefficient (Wildman–Crippen LogP) is 3.93. The molecule has 0 bridgehead atoms. The van der Waals surface area contributed by atoms with Crippen molar-refractivity contribution in [1.82, 2.24) is 9.47 Å². The van der Waals surface area contributed by atoms with Crippen molar-refractivity contribution < 1.29 is 9.53 Å². The minimum Gasteiger partial charge on any atom is -0.464 e. The van der Waals surface area contributed by atoms with E-state index in [1.807, 2.05) is 27.7 Å². The number of esters is 1. The highest BCUT2D eigenvalue weighted by Gasteiger charge is 2.49. The summed E-state index contributed by atoms with van der Waals surface area (Å²) in [6.45, 7) is 7.11. The van der Waals surface area contributed by atoms with Gasteiger partial charge in [0, 0.05) is 23.9 Å². The molecular formula is C23H26N4O2. The van der Waals surface area contributed by atoms with Crippen LogP contribution in [0.5, 0.6) is 0 Å². The molecule has 6 heteroatoms. The number of ether oxygens (including phenoxy) is 1. The van der Waals surface area contributed by atoms with Gasteiger partial charge in [0.05, 0.1) is 24.4 Å². The summed E-state index contributed by atoms with van der Waals surface area (Å²) in [6.07, 6.45) is 7.92. The first kappa shape index (κ1) is 19.3. The van der Waals surface area contributed by atoms with Gasteiger partial charge < -0.3 is 19.2 Å². The Morgan fingerprint density at radius 3 is 2.93 bits per heavy atom. The quantitative estimate of drug-likeness (QED) is 0.441. The highest BCUT2D eigenvalue weighted by Crippen LogP contribution is 2.55. The molecule has 4 rings (SSSR count). The van der Waals surface area contributed by atoms with Gasteiger partial charge in [0.15, 0.2) is 6.19 Å². The number of carbonyl (C=O) groups excluding carboxylic acids is 1. The lowest BCUT2D eigenvalue weighted by Gasteiger charge is -2.49. The Labute approximate surface area is 171 Å². The molecule has 1 fully saturated rings. The third-order valence-corrected chi connectivity index (χ3v) is 6.54. The fourth-order valence-electron chi connectivity index (χ4n) is 5.22. The zero-order valence-electron chi connectivity index (χ0n) is 17.0. The number of benzene rings is 1. The molecule has 2 aromatic rings. The van der Waals surface area contributed by atoms with Crippen LogP contribution in [0.3, 0.4) is 0 Å². The second-order valence-corrected chi connectivity index (χ2v) is 7.82. The first-order chi connectivity index (χ1) is 14.1. The number of carbonyl (C=O) groups is 1. The molecule has 2 atom stereocenters. The Kier molecular flexibility index (Phi) is 4.91. The van der Waals surface area contributed by atoms with Gasteiger partial charge in [-0.2, -0.15) is 5.26 Å². The molecule has 2 aliphatic rings. The SMILES string of the molecule is C=NCCc1c2n(c3ccccc13)C(C(=O)OC)=C[C@]1(CC)CCCN(C#N)[C@H]21. The van der Waals surface area contributed by atoms with Crippen LogP contribution in [0.4, 0.5) is 0 Å². The Balaban J connectivity index is 2.10. The van der Waals surface area contributed by atoms with Crippen LogP contribution in [0.25, 0.3) is 16.6 Å². The summed E-state index contributed by atoms with van der Waals surface area (Å²) in [5.74, 6) is -0.347. The number of aliphatic imine (C=N–C) groups is 1. The molecule has 29 heavy (non-hydrogen) atoms. The summed E-state index contributed by atoms with van der Waals surface area (Å²) in [5, 5.41) is 11.0. The van der Waals surface area contributed by atoms with Gasteiger partial charge in [-0.3, -0.25) is 0 Å². The molecule has 1 aromatic carbocycles. The summed E-state index contributed by atoms with van der Waals surface area (Å²) < 4.78 is 7.19. The van der Waals surface area contributed by atoms with Gasteiger partial charge in [-0.05, 0) is 50.1 Å². The fourth-order valence-corrected chi connectivity index (χ4v) is 5.22. The number of likely N-dealkylation sites (tertiary alicyclic amines) is 1. The average molecular weight is 390 g/mol. The Bertz CT molecular complexity index is 1050. The van der Waals surface area contributed by atoms with E-state index in [1.165, 1.54) is 7.11 Å². The van der Waals surface area contributed by atoms with E-state index in [0.29, 0.717) is 12.2 Å². The standard InChI is InChI=1S/C23H26N4O2/c1-4-23-11-7-13-26(15-24)21(23)20-17(10-12-25-2)16-8-5-6-9-18(16)27(20)19(14-23)22(28)29-3/h5-6,8-9,14,21H,2,4,7,10-13H2,1,3H3/t21-,23+/m1/s1. The highest BCUT2D eigenvalue weighted by molar-refractivity contribution is 6.13. The van der Waals surface area contributed by atoms with Crippen LogP contribution in [0, 0.1) is 16.9 Å². The van der Waals surface area contributed by atoms with E-state index in [-0.39, 0.29) is 17.4 Å². The summed E-state index contributed by atoms with van der Waals surface area (Å²) in [7, 11) is 1.42. The molecule has 0 N–H and O–H groups in total. The third-order valence-electron chi connectivity index (χ3n) is 6.54. The lowest BCUT2D eigenvalue weighted by Crippen LogP contribution is -2.46. The zero-order chi connectivity index (χ0) is 20.6. The summed E-state index contributed by atoms with van der Waals surface area (Å²) >= 11 is 0. The molecule has 2 aliphatic heterocycles. The van der Waals surface area contributed by atoms with Crippen molar-refractivity contribution in [2.24, 2.45) is 10.4 Å². The first-order valence-electron chi connectivity index (χ1n) is 10.1. The lowest BCUT2D eigenvalue weighted by molar-refractivity contribution is -0.134. The van der Waals surface area contributed by atoms with Crippen LogP contribution in [0.2, 0.25) is 0 Å². The van der Waals surface area contributed by atoms with E-state index >= 15 is 0 Å². The molecule has 1 aromatic heterocycles. The second kappa shape index (κ2) is 7.40. The maximum absolute atomic E-state index is 12.9. The largest absolute Gasteiger partial charge is 0.464 e.